The third-order valence-electron chi connectivity index (χ3n) is 6.31. The molecule has 1 rings (SSSR count). The van der Waals surface area contributed by atoms with E-state index in [-0.39, 0.29) is 16.7 Å². The highest BCUT2D eigenvalue weighted by Crippen LogP contribution is 2.32. The number of carbonyl (C=O) groups is 4. The topological polar surface area (TPSA) is 186 Å². The molecule has 12 nitrogen and oxygen atoms in total. The molecule has 0 bridgehead atoms. The summed E-state index contributed by atoms with van der Waals surface area (Å²) in [6.45, 7) is 7.75. The van der Waals surface area contributed by atoms with Gasteiger partial charge in [-0.25, -0.2) is 14.4 Å². The molecule has 4 N–H and O–H groups in total. The van der Waals surface area contributed by atoms with Gasteiger partial charge in [0.25, 0.3) is 0 Å². The van der Waals surface area contributed by atoms with Crippen LogP contribution in [-0.4, -0.2) is 94.1 Å². The molecule has 7 atom stereocenters. The smallest absolute Gasteiger partial charge is 0.336 e. The minimum atomic E-state index is -1.97. The lowest BCUT2D eigenvalue weighted by Gasteiger charge is -2.45. The zero-order valence-electron chi connectivity index (χ0n) is 22.4. The fourth-order valence-corrected chi connectivity index (χ4v) is 3.40. The van der Waals surface area contributed by atoms with Crippen LogP contribution in [0.15, 0.2) is 34.9 Å². The summed E-state index contributed by atoms with van der Waals surface area (Å²) in [5.41, 5.74) is -0.263. The summed E-state index contributed by atoms with van der Waals surface area (Å²) in [4.78, 5) is 50.5. The molecule has 1 aliphatic carbocycles. The molecule has 0 aromatic heterocycles. The van der Waals surface area contributed by atoms with Crippen LogP contribution in [0, 0.1) is 5.92 Å². The molecule has 0 spiro atoms. The van der Waals surface area contributed by atoms with Crippen molar-refractivity contribution in [1.29, 1.82) is 0 Å². The van der Waals surface area contributed by atoms with Crippen molar-refractivity contribution in [2.24, 2.45) is 5.92 Å². The number of aliphatic hydroxyl groups is 4. The highest BCUT2D eigenvalue weighted by atomic mass is 16.6. The van der Waals surface area contributed by atoms with Gasteiger partial charge in [0.15, 0.2) is 24.4 Å². The molecule has 0 aromatic carbocycles. The van der Waals surface area contributed by atoms with Gasteiger partial charge in [0, 0.05) is 5.57 Å². The predicted octanol–water partition coefficient (Wildman–Crippen LogP) is 0.259. The van der Waals surface area contributed by atoms with Crippen LogP contribution < -0.4 is 0 Å². The standard InChI is InChI=1S/C26H38O12/c1-7-13(5)23(31)35-19-17(29)20(36-24(32)14(6)8-2)22(38-26(34)16(10-4)12-28)18(30)21(19)37-25(33)15(9-3)11-27/h7,9-10,14,17-22,27-30H,8,11-12H2,1-6H3/b13-7+,15-9+,16-10+/t14?,17-,18+,19+,20+,21+,22-/m0/s1. The summed E-state index contributed by atoms with van der Waals surface area (Å²) in [6.07, 6.45) is -6.71. The molecule has 0 saturated heterocycles. The van der Waals surface area contributed by atoms with Crippen molar-refractivity contribution in [2.45, 2.75) is 84.6 Å². The molecule has 1 aliphatic rings. The SMILES string of the molecule is C/C=C(\C)C(=O)O[C@@H]1[C@H](O)[C@@H](OC(=O)C(C)CC)[C@@H](OC(=O)/C(=C/C)CO)[C@H](O)[C@H]1OC(=O)/C(=C/C)CO. The Morgan fingerprint density at radius 2 is 1.08 bits per heavy atom. The van der Waals surface area contributed by atoms with E-state index in [4.69, 9.17) is 18.9 Å². The molecule has 1 saturated carbocycles. The first kappa shape index (κ1) is 33.0. The van der Waals surface area contributed by atoms with Crippen LogP contribution in [0.3, 0.4) is 0 Å². The lowest BCUT2D eigenvalue weighted by molar-refractivity contribution is -0.251. The maximum atomic E-state index is 12.6. The second-order valence-electron chi connectivity index (χ2n) is 8.72. The second-order valence-corrected chi connectivity index (χ2v) is 8.72. The molecule has 0 aromatic rings. The Morgan fingerprint density at radius 3 is 1.39 bits per heavy atom. The van der Waals surface area contributed by atoms with Crippen LogP contribution in [0.4, 0.5) is 0 Å². The molecule has 1 unspecified atom stereocenters. The van der Waals surface area contributed by atoms with Crippen LogP contribution in [0.5, 0.6) is 0 Å². The van der Waals surface area contributed by atoms with Gasteiger partial charge in [-0.3, -0.25) is 4.79 Å². The van der Waals surface area contributed by atoms with E-state index < -0.39 is 79.6 Å². The zero-order chi connectivity index (χ0) is 29.2. The van der Waals surface area contributed by atoms with Gasteiger partial charge in [0.2, 0.25) is 0 Å². The zero-order valence-corrected chi connectivity index (χ0v) is 22.4. The van der Waals surface area contributed by atoms with Gasteiger partial charge in [-0.05, 0) is 34.1 Å². The van der Waals surface area contributed by atoms with Crippen molar-refractivity contribution in [3.63, 3.8) is 0 Å². The van der Waals surface area contributed by atoms with Crippen LogP contribution in [0.1, 0.15) is 48.0 Å². The number of hydrogen-bond acceptors (Lipinski definition) is 12. The summed E-state index contributed by atoms with van der Waals surface area (Å²) in [5, 5.41) is 41.3. The van der Waals surface area contributed by atoms with Crippen molar-refractivity contribution in [3.05, 3.63) is 34.9 Å². The summed E-state index contributed by atoms with van der Waals surface area (Å²) < 4.78 is 21.4. The molecular weight excluding hydrogens is 504 g/mol. The first-order valence-corrected chi connectivity index (χ1v) is 12.3. The second kappa shape index (κ2) is 15.4. The molecule has 1 fully saturated rings. The number of hydrogen-bond donors (Lipinski definition) is 4. The lowest BCUT2D eigenvalue weighted by atomic mass is 9.84. The lowest BCUT2D eigenvalue weighted by Crippen LogP contribution is -2.67. The minimum Gasteiger partial charge on any atom is -0.455 e. The van der Waals surface area contributed by atoms with Gasteiger partial charge in [0.1, 0.15) is 12.2 Å². The Morgan fingerprint density at radius 1 is 0.711 bits per heavy atom. The highest BCUT2D eigenvalue weighted by Gasteiger charge is 2.57. The Bertz CT molecular complexity index is 950. The largest absolute Gasteiger partial charge is 0.455 e. The monoisotopic (exact) mass is 542 g/mol. The first-order chi connectivity index (χ1) is 17.9. The van der Waals surface area contributed by atoms with E-state index in [1.54, 1.807) is 20.8 Å². The van der Waals surface area contributed by atoms with Crippen molar-refractivity contribution in [3.8, 4) is 0 Å². The van der Waals surface area contributed by atoms with Crippen molar-refractivity contribution < 1.29 is 58.6 Å². The van der Waals surface area contributed by atoms with Crippen LogP contribution >= 0.6 is 0 Å². The van der Waals surface area contributed by atoms with Gasteiger partial charge in [-0.15, -0.1) is 0 Å². The molecule has 0 aliphatic heterocycles. The van der Waals surface area contributed by atoms with E-state index in [0.717, 1.165) is 0 Å². The molecule has 12 heteroatoms. The van der Waals surface area contributed by atoms with Crippen LogP contribution in [-0.2, 0) is 38.1 Å². The Balaban J connectivity index is 3.62. The van der Waals surface area contributed by atoms with E-state index in [0.29, 0.717) is 6.42 Å². The molecule has 214 valence electrons. The quantitative estimate of drug-likeness (QED) is 0.159. The highest BCUT2D eigenvalue weighted by molar-refractivity contribution is 5.90. The summed E-state index contributed by atoms with van der Waals surface area (Å²) in [6, 6.07) is 0. The van der Waals surface area contributed by atoms with Crippen LogP contribution in [0.2, 0.25) is 0 Å². The van der Waals surface area contributed by atoms with E-state index >= 15 is 0 Å². The number of aliphatic hydroxyl groups excluding tert-OH is 4. The van der Waals surface area contributed by atoms with Crippen LogP contribution in [0.25, 0.3) is 0 Å². The Hall–Kier alpha value is -3.06. The van der Waals surface area contributed by atoms with E-state index in [9.17, 15) is 39.6 Å². The fraction of sp³-hybridized carbons (Fsp3) is 0.615. The fourth-order valence-electron chi connectivity index (χ4n) is 3.40. The summed E-state index contributed by atoms with van der Waals surface area (Å²) in [5.74, 6) is -4.54. The number of rotatable bonds is 11. The molecule has 38 heavy (non-hydrogen) atoms. The van der Waals surface area contributed by atoms with Gasteiger partial charge in [-0.1, -0.05) is 32.1 Å². The van der Waals surface area contributed by atoms with Gasteiger partial charge in [-0.2, -0.15) is 0 Å². The van der Waals surface area contributed by atoms with Crippen molar-refractivity contribution in [1.82, 2.24) is 0 Å². The third-order valence-corrected chi connectivity index (χ3v) is 6.31. The van der Waals surface area contributed by atoms with E-state index in [1.807, 2.05) is 0 Å². The predicted molar refractivity (Wildman–Crippen MR) is 132 cm³/mol. The minimum absolute atomic E-state index is 0.128. The molecule has 0 heterocycles. The van der Waals surface area contributed by atoms with Gasteiger partial charge in [0.05, 0.1) is 30.3 Å². The number of ether oxygens (including phenoxy) is 4. The van der Waals surface area contributed by atoms with E-state index in [1.165, 1.54) is 39.0 Å². The Kier molecular flexibility index (Phi) is 13.3. The number of carbonyl (C=O) groups excluding carboxylic acids is 4. The Labute approximate surface area is 221 Å². The molecular formula is C26H38O12. The average molecular weight is 543 g/mol. The maximum absolute atomic E-state index is 12.6. The third kappa shape index (κ3) is 7.97. The van der Waals surface area contributed by atoms with Gasteiger partial charge >= 0.3 is 23.9 Å². The van der Waals surface area contributed by atoms with E-state index in [2.05, 4.69) is 0 Å². The van der Waals surface area contributed by atoms with Crippen molar-refractivity contribution in [2.75, 3.05) is 13.2 Å². The van der Waals surface area contributed by atoms with Crippen molar-refractivity contribution >= 4 is 23.9 Å². The molecule has 0 radical (unpaired) electrons. The summed E-state index contributed by atoms with van der Waals surface area (Å²) >= 11 is 0. The molecule has 0 amide bonds. The average Bonchev–Trinajstić information content (AvgIpc) is 2.90. The van der Waals surface area contributed by atoms with Gasteiger partial charge < -0.3 is 39.4 Å². The summed E-state index contributed by atoms with van der Waals surface area (Å²) in [7, 11) is 0. The number of allylic oxidation sites excluding steroid dienone is 3. The first-order valence-electron chi connectivity index (χ1n) is 12.3. The number of esters is 4. The normalized spacial score (nSPS) is 27.3. The maximum Gasteiger partial charge on any atom is 0.336 e.